The van der Waals surface area contributed by atoms with Crippen molar-refractivity contribution in [3.8, 4) is 0 Å². The average Bonchev–Trinajstić information content (AvgIpc) is 2.39. The lowest BCUT2D eigenvalue weighted by Crippen LogP contribution is -2.03. The van der Waals surface area contributed by atoms with Gasteiger partial charge in [-0.25, -0.2) is 4.98 Å². The van der Waals surface area contributed by atoms with Crippen LogP contribution in [0.1, 0.15) is 35.3 Å². The second kappa shape index (κ2) is 5.58. The minimum absolute atomic E-state index is 0.116. The summed E-state index contributed by atoms with van der Waals surface area (Å²) < 4.78 is 0. The highest BCUT2D eigenvalue weighted by atomic mass is 16.1. The van der Waals surface area contributed by atoms with Crippen LogP contribution in [0.2, 0.25) is 0 Å². The molecule has 2 rings (SSSR count). The quantitative estimate of drug-likeness (QED) is 0.447. The molecule has 1 aromatic carbocycles. The number of unbranched alkanes of at least 4 members (excludes halogenated alkanes) is 1. The largest absolute Gasteiger partial charge is 0.292 e. The number of rotatable bonds is 5. The maximum atomic E-state index is 12.0. The van der Waals surface area contributed by atoms with Gasteiger partial charge in [0.05, 0.1) is 5.52 Å². The van der Waals surface area contributed by atoms with Crippen molar-refractivity contribution in [3.05, 3.63) is 54.2 Å². The molecule has 0 aliphatic rings. The van der Waals surface area contributed by atoms with Crippen LogP contribution in [-0.2, 0) is 0 Å². The summed E-state index contributed by atoms with van der Waals surface area (Å²) in [6, 6.07) is 9.80. The monoisotopic (exact) mass is 239 g/mol. The Hall–Kier alpha value is -1.96. The molecular formula is C16H17NO. The van der Waals surface area contributed by atoms with E-state index in [2.05, 4.69) is 11.6 Å². The zero-order chi connectivity index (χ0) is 13.0. The predicted octanol–water partition coefficient (Wildman–Crippen LogP) is 4.08. The summed E-state index contributed by atoms with van der Waals surface area (Å²) in [5.41, 5.74) is 2.58. The maximum Gasteiger partial charge on any atom is 0.181 e. The number of Topliss-reactive ketones (excluding diaryl/α,β-unsaturated/α-hetero) is 1. The Labute approximate surface area is 107 Å². The van der Waals surface area contributed by atoms with Crippen LogP contribution in [0.5, 0.6) is 0 Å². The summed E-state index contributed by atoms with van der Waals surface area (Å²) >= 11 is 0. The Morgan fingerprint density at radius 2 is 2.17 bits per heavy atom. The third-order valence-electron chi connectivity index (χ3n) is 3.02. The number of aryl methyl sites for hydroxylation is 1. The first-order chi connectivity index (χ1) is 8.72. The first-order valence-electron chi connectivity index (χ1n) is 6.23. The van der Waals surface area contributed by atoms with Crippen molar-refractivity contribution in [2.75, 3.05) is 0 Å². The van der Waals surface area contributed by atoms with Gasteiger partial charge >= 0.3 is 0 Å². The lowest BCUT2D eigenvalue weighted by atomic mass is 10.1. The second-order valence-electron chi connectivity index (χ2n) is 4.45. The number of ketones is 1. The number of aromatic nitrogens is 1. The molecule has 2 heteroatoms. The number of para-hydroxylation sites is 1. The molecule has 0 bridgehead atoms. The Morgan fingerprint density at radius 3 is 2.94 bits per heavy atom. The molecule has 0 N–H and O–H groups in total. The van der Waals surface area contributed by atoms with Gasteiger partial charge in [0.25, 0.3) is 0 Å². The van der Waals surface area contributed by atoms with Crippen LogP contribution in [0, 0.1) is 6.92 Å². The molecule has 0 saturated carbocycles. The lowest BCUT2D eigenvalue weighted by molar-refractivity contribution is 0.0976. The van der Waals surface area contributed by atoms with Crippen molar-refractivity contribution < 1.29 is 4.79 Å². The molecule has 0 fully saturated rings. The van der Waals surface area contributed by atoms with Gasteiger partial charge in [0.15, 0.2) is 5.78 Å². The lowest BCUT2D eigenvalue weighted by Gasteiger charge is -2.05. The third kappa shape index (κ3) is 2.65. The molecule has 0 amide bonds. The van der Waals surface area contributed by atoms with Crippen LogP contribution in [0.15, 0.2) is 43.0 Å². The molecule has 2 aromatic rings. The van der Waals surface area contributed by atoms with Crippen molar-refractivity contribution in [1.29, 1.82) is 0 Å². The molecule has 0 aliphatic carbocycles. The topological polar surface area (TPSA) is 30.0 Å². The Morgan fingerprint density at radius 1 is 1.39 bits per heavy atom. The van der Waals surface area contributed by atoms with Gasteiger partial charge in [-0.3, -0.25) is 4.79 Å². The molecule has 18 heavy (non-hydrogen) atoms. The van der Waals surface area contributed by atoms with E-state index in [4.69, 9.17) is 0 Å². The SMILES string of the molecule is C=CCCCC(=O)c1cc(C)c2ccccc2n1. The summed E-state index contributed by atoms with van der Waals surface area (Å²) in [4.78, 5) is 16.5. The van der Waals surface area contributed by atoms with Gasteiger partial charge in [-0.15, -0.1) is 6.58 Å². The highest BCUT2D eigenvalue weighted by Crippen LogP contribution is 2.18. The fourth-order valence-electron chi connectivity index (χ4n) is 2.03. The normalized spacial score (nSPS) is 10.5. The number of benzene rings is 1. The van der Waals surface area contributed by atoms with Crippen LogP contribution < -0.4 is 0 Å². The van der Waals surface area contributed by atoms with E-state index in [-0.39, 0.29) is 5.78 Å². The van der Waals surface area contributed by atoms with E-state index < -0.39 is 0 Å². The number of hydrogen-bond acceptors (Lipinski definition) is 2. The summed E-state index contributed by atoms with van der Waals surface area (Å²) in [7, 11) is 0. The maximum absolute atomic E-state index is 12.0. The standard InChI is InChI=1S/C16H17NO/c1-3-4-5-10-16(18)15-11-12(2)13-8-6-7-9-14(13)17-15/h3,6-9,11H,1,4-5,10H2,2H3. The van der Waals surface area contributed by atoms with Crippen LogP contribution in [0.25, 0.3) is 10.9 Å². The number of allylic oxidation sites excluding steroid dienone is 1. The summed E-state index contributed by atoms with van der Waals surface area (Å²) in [5, 5.41) is 1.11. The molecule has 1 aromatic heterocycles. The molecule has 0 unspecified atom stereocenters. The highest BCUT2D eigenvalue weighted by molar-refractivity contribution is 5.97. The molecule has 1 heterocycles. The van der Waals surface area contributed by atoms with E-state index in [0.29, 0.717) is 12.1 Å². The summed E-state index contributed by atoms with van der Waals surface area (Å²) in [6.07, 6.45) is 4.09. The van der Waals surface area contributed by atoms with Gasteiger partial charge in [-0.05, 0) is 37.5 Å². The van der Waals surface area contributed by atoms with E-state index in [1.807, 2.05) is 43.3 Å². The van der Waals surface area contributed by atoms with Crippen molar-refractivity contribution in [3.63, 3.8) is 0 Å². The van der Waals surface area contributed by atoms with Crippen LogP contribution in [0.3, 0.4) is 0 Å². The number of fused-ring (bicyclic) bond motifs is 1. The summed E-state index contributed by atoms with van der Waals surface area (Å²) in [6.45, 7) is 5.68. The van der Waals surface area contributed by atoms with E-state index in [9.17, 15) is 4.79 Å². The first kappa shape index (κ1) is 12.5. The van der Waals surface area contributed by atoms with Crippen molar-refractivity contribution in [2.24, 2.45) is 0 Å². The van der Waals surface area contributed by atoms with Crippen molar-refractivity contribution >= 4 is 16.7 Å². The van der Waals surface area contributed by atoms with E-state index in [0.717, 1.165) is 29.3 Å². The smallest absolute Gasteiger partial charge is 0.181 e. The average molecular weight is 239 g/mol. The van der Waals surface area contributed by atoms with Gasteiger partial charge in [0.2, 0.25) is 0 Å². The van der Waals surface area contributed by atoms with Gasteiger partial charge < -0.3 is 0 Å². The number of carbonyl (C=O) groups excluding carboxylic acids is 1. The molecule has 92 valence electrons. The Kier molecular flexibility index (Phi) is 3.88. The molecular weight excluding hydrogens is 222 g/mol. The summed E-state index contributed by atoms with van der Waals surface area (Å²) in [5.74, 6) is 0.116. The predicted molar refractivity (Wildman–Crippen MR) is 74.9 cm³/mol. The Bertz CT molecular complexity index is 587. The first-order valence-corrected chi connectivity index (χ1v) is 6.23. The fraction of sp³-hybridized carbons (Fsp3) is 0.250. The minimum Gasteiger partial charge on any atom is -0.292 e. The number of nitrogens with zero attached hydrogens (tertiary/aromatic N) is 1. The molecule has 0 spiro atoms. The van der Waals surface area contributed by atoms with E-state index >= 15 is 0 Å². The number of carbonyl (C=O) groups is 1. The molecule has 0 radical (unpaired) electrons. The highest BCUT2D eigenvalue weighted by Gasteiger charge is 2.09. The second-order valence-corrected chi connectivity index (χ2v) is 4.45. The van der Waals surface area contributed by atoms with Crippen molar-refractivity contribution in [2.45, 2.75) is 26.2 Å². The van der Waals surface area contributed by atoms with E-state index in [1.165, 1.54) is 0 Å². The van der Waals surface area contributed by atoms with Crippen LogP contribution >= 0.6 is 0 Å². The molecule has 0 atom stereocenters. The van der Waals surface area contributed by atoms with Gasteiger partial charge in [-0.1, -0.05) is 24.3 Å². The van der Waals surface area contributed by atoms with Gasteiger partial charge in [0.1, 0.15) is 5.69 Å². The Balaban J connectivity index is 2.28. The molecule has 0 saturated heterocycles. The van der Waals surface area contributed by atoms with Crippen LogP contribution in [-0.4, -0.2) is 10.8 Å². The van der Waals surface area contributed by atoms with Gasteiger partial charge in [-0.2, -0.15) is 0 Å². The fourth-order valence-corrected chi connectivity index (χ4v) is 2.03. The number of hydrogen-bond donors (Lipinski definition) is 0. The molecule has 2 nitrogen and oxygen atoms in total. The number of pyridine rings is 1. The van der Waals surface area contributed by atoms with E-state index in [1.54, 1.807) is 0 Å². The van der Waals surface area contributed by atoms with Gasteiger partial charge in [0, 0.05) is 11.8 Å². The van der Waals surface area contributed by atoms with Crippen LogP contribution in [0.4, 0.5) is 0 Å². The third-order valence-corrected chi connectivity index (χ3v) is 3.02. The molecule has 0 aliphatic heterocycles. The zero-order valence-electron chi connectivity index (χ0n) is 10.6. The zero-order valence-corrected chi connectivity index (χ0v) is 10.6. The minimum atomic E-state index is 0.116. The van der Waals surface area contributed by atoms with Crippen molar-refractivity contribution in [1.82, 2.24) is 4.98 Å².